The fraction of sp³-hybridized carbons (Fsp3) is 0.152. The summed E-state index contributed by atoms with van der Waals surface area (Å²) >= 11 is 0. The van der Waals surface area contributed by atoms with Crippen molar-refractivity contribution in [2.24, 2.45) is 0 Å². The molecule has 0 amide bonds. The molecule has 0 saturated heterocycles. The monoisotopic (exact) mass is 568 g/mol. The summed E-state index contributed by atoms with van der Waals surface area (Å²) in [5.74, 6) is 0.939. The first-order valence-electron chi connectivity index (χ1n) is 14.0. The van der Waals surface area contributed by atoms with E-state index in [1.807, 2.05) is 46.9 Å². The fourth-order valence-electron chi connectivity index (χ4n) is 5.83. The van der Waals surface area contributed by atoms with Crippen molar-refractivity contribution in [3.05, 3.63) is 108 Å². The topological polar surface area (TPSA) is 106 Å². The number of ether oxygens (including phenoxy) is 2. The lowest BCUT2D eigenvalue weighted by molar-refractivity contribution is 0.0762. The van der Waals surface area contributed by atoms with Crippen LogP contribution < -0.4 is 0 Å². The molecule has 10 nitrogen and oxygen atoms in total. The summed E-state index contributed by atoms with van der Waals surface area (Å²) in [7, 11) is 0. The third-order valence-corrected chi connectivity index (χ3v) is 7.93. The van der Waals surface area contributed by atoms with E-state index >= 15 is 0 Å². The van der Waals surface area contributed by atoms with E-state index in [4.69, 9.17) is 28.3 Å². The highest BCUT2D eigenvalue weighted by molar-refractivity contribution is 6.02. The lowest BCUT2D eigenvalue weighted by Crippen LogP contribution is -1.98. The molecule has 4 aromatic carbocycles. The van der Waals surface area contributed by atoms with Crippen molar-refractivity contribution in [3.63, 3.8) is 0 Å². The van der Waals surface area contributed by atoms with Gasteiger partial charge in [0.25, 0.3) is 0 Å². The van der Waals surface area contributed by atoms with Crippen LogP contribution in [0.15, 0.2) is 88.2 Å². The predicted molar refractivity (Wildman–Crippen MR) is 159 cm³/mol. The number of aryl methyl sites for hydroxylation is 1. The second kappa shape index (κ2) is 9.35. The van der Waals surface area contributed by atoms with Crippen molar-refractivity contribution in [3.8, 4) is 11.4 Å². The van der Waals surface area contributed by atoms with Crippen LogP contribution in [-0.2, 0) is 35.9 Å². The van der Waals surface area contributed by atoms with Crippen LogP contribution in [0, 0.1) is 6.92 Å². The minimum Gasteiger partial charge on any atom is -0.438 e. The SMILES string of the molecule is Cc1cc2ncn3c2c2nc(oc12)COCc1nc2c(ccc4ncn(c42)-c2ccc(cc2)COCc2ccc-3cc2)o1. The first-order valence-corrected chi connectivity index (χ1v) is 14.0. The molecular formula is C33H24N6O4. The molecule has 0 saturated carbocycles. The van der Waals surface area contributed by atoms with Crippen molar-refractivity contribution in [1.82, 2.24) is 29.1 Å². The van der Waals surface area contributed by atoms with Crippen molar-refractivity contribution >= 4 is 44.3 Å². The predicted octanol–water partition coefficient (Wildman–Crippen LogP) is 6.70. The number of aromatic nitrogens is 6. The molecular weight excluding hydrogens is 544 g/mol. The largest absolute Gasteiger partial charge is 0.438 e. The van der Waals surface area contributed by atoms with Gasteiger partial charge in [0.1, 0.15) is 47.9 Å². The van der Waals surface area contributed by atoms with Gasteiger partial charge in [0, 0.05) is 11.4 Å². The van der Waals surface area contributed by atoms with Crippen LogP contribution in [0.4, 0.5) is 0 Å². The van der Waals surface area contributed by atoms with Gasteiger partial charge in [-0.2, -0.15) is 0 Å². The molecule has 8 aromatic rings. The maximum absolute atomic E-state index is 6.18. The van der Waals surface area contributed by atoms with E-state index in [1.54, 1.807) is 0 Å². The Kier molecular flexibility index (Phi) is 5.28. The van der Waals surface area contributed by atoms with Gasteiger partial charge >= 0.3 is 0 Å². The average molecular weight is 569 g/mol. The zero-order valence-electron chi connectivity index (χ0n) is 23.2. The molecule has 10 heteroatoms. The highest BCUT2D eigenvalue weighted by Crippen LogP contribution is 2.31. The molecule has 0 atom stereocenters. The molecule has 210 valence electrons. The first kappa shape index (κ1) is 24.3. The van der Waals surface area contributed by atoms with Gasteiger partial charge in [-0.25, -0.2) is 19.9 Å². The summed E-state index contributed by atoms with van der Waals surface area (Å²) in [5, 5.41) is 0. The maximum Gasteiger partial charge on any atom is 0.221 e. The van der Waals surface area contributed by atoms with Crippen LogP contribution in [0.3, 0.4) is 0 Å². The Bertz CT molecular complexity index is 2310. The number of nitrogens with zero attached hydrogens (tertiary/aromatic N) is 6. The number of hydrogen-bond acceptors (Lipinski definition) is 8. The molecule has 0 unspecified atom stereocenters. The highest BCUT2D eigenvalue weighted by Gasteiger charge is 2.19. The molecule has 0 aliphatic carbocycles. The molecule has 0 spiro atoms. The van der Waals surface area contributed by atoms with Crippen LogP contribution in [0.25, 0.3) is 55.6 Å². The number of imidazole rings is 2. The number of rotatable bonds is 0. The zero-order chi connectivity index (χ0) is 28.5. The maximum atomic E-state index is 6.18. The molecule has 8 bridgehead atoms. The molecule has 0 fully saturated rings. The third kappa shape index (κ3) is 3.95. The summed E-state index contributed by atoms with van der Waals surface area (Å²) in [6.07, 6.45) is 3.63. The van der Waals surface area contributed by atoms with Crippen LogP contribution in [0.5, 0.6) is 0 Å². The van der Waals surface area contributed by atoms with Crippen LogP contribution in [-0.4, -0.2) is 29.1 Å². The highest BCUT2D eigenvalue weighted by atomic mass is 16.5. The van der Waals surface area contributed by atoms with Gasteiger partial charge in [-0.05, 0) is 66.1 Å². The minimum atomic E-state index is 0.163. The summed E-state index contributed by atoms with van der Waals surface area (Å²) in [5.41, 5.74) is 11.4. The Hall–Kier alpha value is -5.32. The Morgan fingerprint density at radius 3 is 1.88 bits per heavy atom. The van der Waals surface area contributed by atoms with Crippen molar-refractivity contribution in [2.45, 2.75) is 33.4 Å². The van der Waals surface area contributed by atoms with Crippen LogP contribution >= 0.6 is 0 Å². The van der Waals surface area contributed by atoms with Gasteiger partial charge in [0.05, 0.1) is 24.2 Å². The summed E-state index contributed by atoms with van der Waals surface area (Å²) in [6.45, 7) is 3.33. The quantitative estimate of drug-likeness (QED) is 0.199. The number of oxazole rings is 2. The lowest BCUT2D eigenvalue weighted by atomic mass is 10.1. The Labute approximate surface area is 244 Å². The van der Waals surface area contributed by atoms with Gasteiger partial charge in [0.2, 0.25) is 11.8 Å². The van der Waals surface area contributed by atoms with E-state index in [2.05, 4.69) is 58.5 Å². The van der Waals surface area contributed by atoms with Gasteiger partial charge in [0.15, 0.2) is 11.2 Å². The summed E-state index contributed by atoms with van der Waals surface area (Å²) < 4.78 is 28.4. The van der Waals surface area contributed by atoms with Gasteiger partial charge in [-0.3, -0.25) is 9.13 Å². The molecule has 7 heterocycles. The second-order valence-electron chi connectivity index (χ2n) is 10.8. The average Bonchev–Trinajstić information content (AvgIpc) is 3.81. The molecule has 0 N–H and O–H groups in total. The van der Waals surface area contributed by atoms with E-state index in [0.717, 1.165) is 61.2 Å². The molecule has 43 heavy (non-hydrogen) atoms. The van der Waals surface area contributed by atoms with Gasteiger partial charge < -0.3 is 18.3 Å². The van der Waals surface area contributed by atoms with Crippen LogP contribution in [0.2, 0.25) is 0 Å². The molecule has 0 radical (unpaired) electrons. The van der Waals surface area contributed by atoms with E-state index in [1.165, 1.54) is 0 Å². The van der Waals surface area contributed by atoms with E-state index < -0.39 is 0 Å². The van der Waals surface area contributed by atoms with Crippen molar-refractivity contribution in [1.29, 1.82) is 0 Å². The van der Waals surface area contributed by atoms with Crippen molar-refractivity contribution < 1.29 is 18.3 Å². The second-order valence-corrected chi connectivity index (χ2v) is 10.8. The van der Waals surface area contributed by atoms with Gasteiger partial charge in [-0.1, -0.05) is 24.3 Å². The minimum absolute atomic E-state index is 0.163. The Balaban J connectivity index is 1.15. The Morgan fingerprint density at radius 2 is 1.19 bits per heavy atom. The molecule has 11 rings (SSSR count). The molecule has 4 aromatic heterocycles. The fourth-order valence-corrected chi connectivity index (χ4v) is 5.83. The number of hydrogen-bond donors (Lipinski definition) is 0. The summed E-state index contributed by atoms with van der Waals surface area (Å²) in [4.78, 5) is 18.9. The number of fused-ring (bicyclic) bond motifs is 2. The first-order chi connectivity index (χ1) is 21.2. The van der Waals surface area contributed by atoms with E-state index in [0.29, 0.717) is 36.2 Å². The molecule has 3 aliphatic heterocycles. The zero-order valence-corrected chi connectivity index (χ0v) is 23.2. The lowest BCUT2D eigenvalue weighted by Gasteiger charge is -2.09. The van der Waals surface area contributed by atoms with Crippen LogP contribution in [0.1, 0.15) is 28.5 Å². The normalized spacial score (nSPS) is 14.1. The smallest absolute Gasteiger partial charge is 0.221 e. The molecule has 3 aliphatic rings. The van der Waals surface area contributed by atoms with Crippen molar-refractivity contribution in [2.75, 3.05) is 0 Å². The standard InChI is InChI=1S/C33H24N6O4/c1-19-12-25-32-30-33(19)43-28(37-30)16-41-15-27-36-29-26(42-27)11-10-24-31(29)38(17-34-24)22-6-2-20(3-7-22)13-40-14-21-4-8-23(9-5-21)39(32)18-35-25/h2-12,17-18H,13-16H2,1H3. The number of benzene rings is 4. The van der Waals surface area contributed by atoms with Gasteiger partial charge in [-0.15, -0.1) is 0 Å². The van der Waals surface area contributed by atoms with E-state index in [-0.39, 0.29) is 13.2 Å². The summed E-state index contributed by atoms with van der Waals surface area (Å²) in [6, 6.07) is 22.4. The van der Waals surface area contributed by atoms with E-state index in [9.17, 15) is 0 Å². The Morgan fingerprint density at radius 1 is 0.605 bits per heavy atom. The third-order valence-electron chi connectivity index (χ3n) is 7.93.